The SMILES string of the molecule is CCCCCCc1cc(-c2ccc(-c3c4c(c(-c5ccc(-c6ccc(C(F)(F)F)c(CCCCCC)c6)s5)c5nsnc35)N=S=N4)s2)ccc1C. The molecule has 7 rings (SSSR count). The van der Waals surface area contributed by atoms with Crippen LogP contribution in [0.15, 0.2) is 69.4 Å². The first-order chi connectivity index (χ1) is 24.8. The Morgan fingerprint density at radius 1 is 0.588 bits per heavy atom. The van der Waals surface area contributed by atoms with Crippen molar-refractivity contribution in [1.82, 2.24) is 8.75 Å². The number of fused-ring (bicyclic) bond motifs is 2. The van der Waals surface area contributed by atoms with Gasteiger partial charge in [-0.1, -0.05) is 76.6 Å². The van der Waals surface area contributed by atoms with Gasteiger partial charge in [-0.05, 0) is 96.8 Å². The molecule has 1 aliphatic rings. The summed E-state index contributed by atoms with van der Waals surface area (Å²) < 4.78 is 60.9. The summed E-state index contributed by atoms with van der Waals surface area (Å²) in [6.07, 6.45) is 5.83. The number of alkyl halides is 3. The Labute approximate surface area is 313 Å². The summed E-state index contributed by atoms with van der Waals surface area (Å²) in [6, 6.07) is 19.7. The number of thiophene rings is 2. The van der Waals surface area contributed by atoms with Gasteiger partial charge in [-0.3, -0.25) is 0 Å². The zero-order chi connectivity index (χ0) is 35.5. The average Bonchev–Trinajstić information content (AvgIpc) is 3.95. The Morgan fingerprint density at radius 2 is 1.10 bits per heavy atom. The van der Waals surface area contributed by atoms with Gasteiger partial charge in [0.05, 0.1) is 28.6 Å². The molecule has 0 fully saturated rings. The molecule has 11 heteroatoms. The fourth-order valence-electron chi connectivity index (χ4n) is 6.79. The summed E-state index contributed by atoms with van der Waals surface area (Å²) in [5.41, 5.74) is 9.52. The first-order valence-corrected chi connectivity index (χ1v) is 20.8. The number of rotatable bonds is 14. The van der Waals surface area contributed by atoms with E-state index < -0.39 is 11.7 Å². The van der Waals surface area contributed by atoms with Crippen molar-refractivity contribution in [2.75, 3.05) is 0 Å². The van der Waals surface area contributed by atoms with E-state index >= 15 is 0 Å². The second-order valence-electron chi connectivity index (χ2n) is 13.1. The van der Waals surface area contributed by atoms with Crippen LogP contribution in [-0.4, -0.2) is 8.75 Å². The molecule has 4 heterocycles. The molecule has 3 aromatic carbocycles. The molecule has 4 nitrogen and oxygen atoms in total. The van der Waals surface area contributed by atoms with Gasteiger partial charge < -0.3 is 0 Å². The Kier molecular flexibility index (Phi) is 11.0. The highest BCUT2D eigenvalue weighted by Crippen LogP contribution is 2.54. The Morgan fingerprint density at radius 3 is 1.65 bits per heavy atom. The highest BCUT2D eigenvalue weighted by atomic mass is 32.1. The summed E-state index contributed by atoms with van der Waals surface area (Å²) in [5.74, 6) is 0. The predicted molar refractivity (Wildman–Crippen MR) is 212 cm³/mol. The van der Waals surface area contributed by atoms with Crippen molar-refractivity contribution >= 4 is 68.2 Å². The van der Waals surface area contributed by atoms with Crippen molar-refractivity contribution in [3.05, 3.63) is 82.9 Å². The van der Waals surface area contributed by atoms with Crippen LogP contribution in [0.3, 0.4) is 0 Å². The smallest absolute Gasteiger partial charge is 0.172 e. The lowest BCUT2D eigenvalue weighted by molar-refractivity contribution is -0.138. The van der Waals surface area contributed by atoms with Crippen molar-refractivity contribution in [2.24, 2.45) is 8.73 Å². The lowest BCUT2D eigenvalue weighted by Crippen LogP contribution is -2.09. The van der Waals surface area contributed by atoms with E-state index in [2.05, 4.69) is 51.1 Å². The van der Waals surface area contributed by atoms with E-state index in [0.29, 0.717) is 12.0 Å². The molecule has 0 bridgehead atoms. The molecule has 264 valence electrons. The summed E-state index contributed by atoms with van der Waals surface area (Å²) >= 11 is 5.62. The minimum absolute atomic E-state index is 0.358. The maximum atomic E-state index is 13.9. The lowest BCUT2D eigenvalue weighted by Gasteiger charge is -2.14. The highest BCUT2D eigenvalue weighted by molar-refractivity contribution is 7.58. The Balaban J connectivity index is 1.23. The molecule has 0 atom stereocenters. The van der Waals surface area contributed by atoms with Crippen molar-refractivity contribution in [2.45, 2.75) is 91.2 Å². The second-order valence-corrected chi connectivity index (χ2v) is 16.4. The van der Waals surface area contributed by atoms with E-state index in [-0.39, 0.29) is 0 Å². The maximum Gasteiger partial charge on any atom is 0.416 e. The third kappa shape index (κ3) is 7.54. The minimum atomic E-state index is -4.38. The van der Waals surface area contributed by atoms with Crippen LogP contribution in [0.25, 0.3) is 52.8 Å². The first-order valence-electron chi connectivity index (χ1n) is 17.7. The van der Waals surface area contributed by atoms with Crippen LogP contribution in [0.4, 0.5) is 24.5 Å². The van der Waals surface area contributed by atoms with Crippen LogP contribution < -0.4 is 0 Å². The fraction of sp³-hybridized carbons (Fsp3) is 0.350. The number of unbranched alkanes of at least 4 members (excludes halogenated alkanes) is 6. The number of halogens is 3. The molecule has 0 aliphatic carbocycles. The van der Waals surface area contributed by atoms with E-state index in [0.717, 1.165) is 85.8 Å². The average molecular weight is 761 g/mol. The second kappa shape index (κ2) is 15.6. The topological polar surface area (TPSA) is 50.5 Å². The van der Waals surface area contributed by atoms with E-state index in [9.17, 15) is 13.2 Å². The van der Waals surface area contributed by atoms with Crippen molar-refractivity contribution in [3.63, 3.8) is 0 Å². The monoisotopic (exact) mass is 760 g/mol. The van der Waals surface area contributed by atoms with Gasteiger partial charge in [-0.15, -0.1) is 22.7 Å². The van der Waals surface area contributed by atoms with Crippen molar-refractivity contribution in [3.8, 4) is 41.8 Å². The van der Waals surface area contributed by atoms with Gasteiger partial charge in [0.2, 0.25) is 0 Å². The van der Waals surface area contributed by atoms with Gasteiger partial charge in [0, 0.05) is 30.6 Å². The number of hydrogen-bond donors (Lipinski definition) is 0. The molecule has 51 heavy (non-hydrogen) atoms. The molecule has 0 N–H and O–H groups in total. The zero-order valence-corrected chi connectivity index (χ0v) is 32.2. The van der Waals surface area contributed by atoms with Gasteiger partial charge in [0.25, 0.3) is 0 Å². The standard InChI is InChI=1S/C40H39F3N4S4/c1-4-6-8-10-12-25-22-27(15-14-24(25)3)30-18-20-32(48-30)34-36-38(46-50-44-36)35(39-37(34)45-51-47-39)33-21-19-31(49-33)28-16-17-29(40(41,42)43)26(23-28)13-11-9-7-5-2/h14-23H,4-13H2,1-3H3. The van der Waals surface area contributed by atoms with Crippen LogP contribution in [0, 0.1) is 6.92 Å². The summed E-state index contributed by atoms with van der Waals surface area (Å²) in [4.78, 5) is 4.10. The van der Waals surface area contributed by atoms with E-state index in [4.69, 9.17) is 17.5 Å². The van der Waals surface area contributed by atoms with Crippen molar-refractivity contribution in [1.29, 1.82) is 0 Å². The number of aromatic nitrogens is 2. The molecule has 6 aromatic rings. The van der Waals surface area contributed by atoms with Gasteiger partial charge in [0.15, 0.2) is 0 Å². The number of aryl methyl sites for hydroxylation is 3. The van der Waals surface area contributed by atoms with E-state index in [1.165, 1.54) is 87.7 Å². The molecular weight excluding hydrogens is 722 g/mol. The number of benzene rings is 3. The van der Waals surface area contributed by atoms with Crippen LogP contribution in [-0.2, 0) is 30.4 Å². The molecule has 0 spiro atoms. The lowest BCUT2D eigenvalue weighted by atomic mass is 9.97. The third-order valence-electron chi connectivity index (χ3n) is 9.56. The quantitative estimate of drug-likeness (QED) is 0.104. The molecule has 3 aromatic heterocycles. The maximum absolute atomic E-state index is 13.9. The van der Waals surface area contributed by atoms with E-state index in [1.54, 1.807) is 23.5 Å². The minimum Gasteiger partial charge on any atom is -0.172 e. The normalized spacial score (nSPS) is 12.6. The van der Waals surface area contributed by atoms with E-state index in [1.807, 2.05) is 12.1 Å². The first kappa shape index (κ1) is 35.9. The highest BCUT2D eigenvalue weighted by Gasteiger charge is 2.33. The van der Waals surface area contributed by atoms with Gasteiger partial charge >= 0.3 is 6.18 Å². The largest absolute Gasteiger partial charge is 0.416 e. The molecule has 0 saturated carbocycles. The predicted octanol–water partition coefficient (Wildman–Crippen LogP) is 14.8. The molecule has 0 unspecified atom stereocenters. The fourth-order valence-corrected chi connectivity index (χ4v) is 10.0. The third-order valence-corrected chi connectivity index (χ3v) is 12.9. The molecule has 0 amide bonds. The zero-order valence-electron chi connectivity index (χ0n) is 28.9. The van der Waals surface area contributed by atoms with Crippen LogP contribution in [0.1, 0.15) is 87.5 Å². The molecule has 1 aliphatic heterocycles. The summed E-state index contributed by atoms with van der Waals surface area (Å²) in [7, 11) is 0. The van der Waals surface area contributed by atoms with Crippen molar-refractivity contribution < 1.29 is 13.2 Å². The molecule has 0 radical (unpaired) electrons. The van der Waals surface area contributed by atoms with Gasteiger partial charge in [-0.2, -0.15) is 30.6 Å². The van der Waals surface area contributed by atoms with Gasteiger partial charge in [0.1, 0.15) is 22.4 Å². The van der Waals surface area contributed by atoms with Crippen LogP contribution in [0.2, 0.25) is 0 Å². The van der Waals surface area contributed by atoms with Crippen LogP contribution in [0.5, 0.6) is 0 Å². The summed E-state index contributed by atoms with van der Waals surface area (Å²) in [6.45, 7) is 6.55. The molecule has 0 saturated heterocycles. The molecular formula is C40H39F3N4S4. The Hall–Kier alpha value is -3.51. The van der Waals surface area contributed by atoms with Crippen LogP contribution >= 0.6 is 34.4 Å². The van der Waals surface area contributed by atoms with Gasteiger partial charge in [-0.25, -0.2) is 0 Å². The summed E-state index contributed by atoms with van der Waals surface area (Å²) in [5, 5.41) is 0. The number of nitrogens with zero attached hydrogens (tertiary/aromatic N) is 4. The number of hydrogen-bond acceptors (Lipinski definition) is 7. The Bertz CT molecular complexity index is 2260.